The number of nitrogens with one attached hydrogen (secondary N) is 2. The van der Waals surface area contributed by atoms with Crippen LogP contribution in [0.2, 0.25) is 0 Å². The van der Waals surface area contributed by atoms with E-state index in [1.54, 1.807) is 36.4 Å². The van der Waals surface area contributed by atoms with Crippen LogP contribution in [0.4, 0.5) is 0 Å². The lowest BCUT2D eigenvalue weighted by Gasteiger charge is -1.99. The molecule has 0 aliphatic heterocycles. The molecular formula is C14H11N4O4+. The Balaban J connectivity index is 1.74. The number of H-pyrrole nitrogens is 1. The molecule has 0 radical (unpaired) electrons. The van der Waals surface area contributed by atoms with Crippen molar-refractivity contribution in [3.8, 4) is 5.69 Å². The van der Waals surface area contributed by atoms with E-state index in [4.69, 9.17) is 4.42 Å². The van der Waals surface area contributed by atoms with Crippen molar-refractivity contribution < 1.29 is 18.4 Å². The maximum Gasteiger partial charge on any atom is 0.427 e. The molecule has 0 aliphatic rings. The molecule has 1 amide bonds. The molecular weight excluding hydrogens is 288 g/mol. The molecule has 1 aromatic carbocycles. The molecule has 0 unspecified atom stereocenters. The Labute approximate surface area is 123 Å². The van der Waals surface area contributed by atoms with Gasteiger partial charge in [-0.15, -0.1) is 0 Å². The van der Waals surface area contributed by atoms with Crippen LogP contribution >= 0.6 is 0 Å². The van der Waals surface area contributed by atoms with Crippen molar-refractivity contribution in [2.45, 2.75) is 0 Å². The summed E-state index contributed by atoms with van der Waals surface area (Å²) >= 11 is 0. The van der Waals surface area contributed by atoms with Gasteiger partial charge in [0.05, 0.1) is 12.5 Å². The third-order valence-electron chi connectivity index (χ3n) is 2.77. The van der Waals surface area contributed by atoms with E-state index in [-0.39, 0.29) is 0 Å². The van der Waals surface area contributed by atoms with Crippen LogP contribution in [0.1, 0.15) is 16.1 Å². The van der Waals surface area contributed by atoms with Gasteiger partial charge in [0.1, 0.15) is 5.76 Å². The number of aromatic amines is 1. The van der Waals surface area contributed by atoms with Gasteiger partial charge in [-0.1, -0.05) is 6.07 Å². The van der Waals surface area contributed by atoms with E-state index in [1.807, 2.05) is 0 Å². The van der Waals surface area contributed by atoms with Gasteiger partial charge < -0.3 is 4.42 Å². The molecule has 0 aliphatic carbocycles. The summed E-state index contributed by atoms with van der Waals surface area (Å²) in [6, 6.07) is 10.0. The van der Waals surface area contributed by atoms with Crippen molar-refractivity contribution in [2.24, 2.45) is 5.10 Å². The van der Waals surface area contributed by atoms with Gasteiger partial charge in [0.25, 0.3) is 12.1 Å². The van der Waals surface area contributed by atoms with Crippen molar-refractivity contribution in [2.75, 3.05) is 0 Å². The molecule has 0 spiro atoms. The fourth-order valence-corrected chi connectivity index (χ4v) is 1.76. The molecule has 8 nitrogen and oxygen atoms in total. The van der Waals surface area contributed by atoms with Crippen LogP contribution in [0.15, 0.2) is 67.7 Å². The number of aromatic nitrogens is 2. The summed E-state index contributed by atoms with van der Waals surface area (Å²) in [5.41, 5.74) is 2.83. The molecule has 3 aromatic rings. The van der Waals surface area contributed by atoms with Crippen molar-refractivity contribution in [3.05, 3.63) is 70.6 Å². The summed E-state index contributed by atoms with van der Waals surface area (Å²) < 4.78 is 11.0. The summed E-state index contributed by atoms with van der Waals surface area (Å²) in [5, 5.41) is 6.20. The number of hydrazone groups is 1. The Hall–Kier alpha value is -3.42. The molecule has 2 N–H and O–H groups in total. The summed E-state index contributed by atoms with van der Waals surface area (Å²) in [5.74, 6) is 0.136. The van der Waals surface area contributed by atoms with Crippen molar-refractivity contribution >= 4 is 12.1 Å². The number of rotatable bonds is 4. The number of amides is 1. The lowest BCUT2D eigenvalue weighted by atomic mass is 10.2. The van der Waals surface area contributed by atoms with E-state index in [2.05, 4.69) is 20.3 Å². The van der Waals surface area contributed by atoms with Crippen molar-refractivity contribution in [3.63, 3.8) is 0 Å². The van der Waals surface area contributed by atoms with Crippen LogP contribution in [0.3, 0.4) is 0 Å². The highest BCUT2D eigenvalue weighted by atomic mass is 16.5. The summed E-state index contributed by atoms with van der Waals surface area (Å²) in [6.45, 7) is 0. The van der Waals surface area contributed by atoms with Crippen LogP contribution in [-0.2, 0) is 0 Å². The minimum absolute atomic E-state index is 0.378. The Morgan fingerprint density at radius 2 is 2.23 bits per heavy atom. The second-order valence-electron chi connectivity index (χ2n) is 4.28. The topological polar surface area (TPSA) is 104 Å². The Morgan fingerprint density at radius 3 is 2.95 bits per heavy atom. The fourth-order valence-electron chi connectivity index (χ4n) is 1.76. The molecule has 22 heavy (non-hydrogen) atoms. The standard InChI is InChI=1S/C14H10N4O4/c19-13-9-18(17-22-13)11-4-1-3-10(7-11)14(20)16-15-8-12-5-2-6-21-12/h1-9H,(H-,16,17,19,20)/p+1/b15-8+. The maximum atomic E-state index is 12.0. The Morgan fingerprint density at radius 1 is 1.32 bits per heavy atom. The molecule has 2 aromatic heterocycles. The van der Waals surface area contributed by atoms with Crippen LogP contribution in [0, 0.1) is 0 Å². The largest absolute Gasteiger partial charge is 0.463 e. The zero-order valence-electron chi connectivity index (χ0n) is 11.2. The smallest absolute Gasteiger partial charge is 0.427 e. The average molecular weight is 299 g/mol. The predicted octanol–water partition coefficient (Wildman–Crippen LogP) is 0.601. The molecule has 0 saturated carbocycles. The van der Waals surface area contributed by atoms with Crippen LogP contribution in [0.25, 0.3) is 5.69 Å². The molecule has 2 heterocycles. The number of carbonyl (C=O) groups is 1. The van der Waals surface area contributed by atoms with Gasteiger partial charge in [-0.3, -0.25) is 9.32 Å². The third kappa shape index (κ3) is 3.01. The van der Waals surface area contributed by atoms with E-state index < -0.39 is 11.5 Å². The molecule has 0 saturated heterocycles. The van der Waals surface area contributed by atoms with Crippen molar-refractivity contribution in [1.29, 1.82) is 0 Å². The predicted molar refractivity (Wildman–Crippen MR) is 74.6 cm³/mol. The summed E-state index contributed by atoms with van der Waals surface area (Å²) in [4.78, 5) is 23.0. The number of carbonyl (C=O) groups excluding carboxylic acids is 1. The van der Waals surface area contributed by atoms with Gasteiger partial charge in [-0.25, -0.2) is 10.2 Å². The van der Waals surface area contributed by atoms with Gasteiger partial charge >= 0.3 is 5.63 Å². The molecule has 0 atom stereocenters. The Kier molecular flexibility index (Phi) is 3.65. The summed E-state index contributed by atoms with van der Waals surface area (Å²) in [6.07, 6.45) is 4.13. The van der Waals surface area contributed by atoms with Crippen LogP contribution in [0.5, 0.6) is 0 Å². The van der Waals surface area contributed by atoms with Gasteiger partial charge in [0, 0.05) is 17.7 Å². The minimum atomic E-state index is -0.516. The van der Waals surface area contributed by atoms with E-state index in [0.29, 0.717) is 17.0 Å². The highest BCUT2D eigenvalue weighted by molar-refractivity contribution is 5.95. The first-order chi connectivity index (χ1) is 10.7. The van der Waals surface area contributed by atoms with Crippen molar-refractivity contribution in [1.82, 2.24) is 10.7 Å². The number of hydrogen-bond acceptors (Lipinski definition) is 5. The highest BCUT2D eigenvalue weighted by Gasteiger charge is 2.13. The SMILES string of the molecule is O=C(N/N=C/c1ccco1)c1cccc(-[n+]2cc(=O)o[nH]2)c1. The van der Waals surface area contributed by atoms with Crippen LogP contribution in [-0.4, -0.2) is 17.4 Å². The van der Waals surface area contributed by atoms with Gasteiger partial charge in [0.2, 0.25) is 5.69 Å². The maximum absolute atomic E-state index is 12.0. The summed E-state index contributed by atoms with van der Waals surface area (Å²) in [7, 11) is 0. The van der Waals surface area contributed by atoms with E-state index in [9.17, 15) is 9.59 Å². The van der Waals surface area contributed by atoms with Gasteiger partial charge in [0.15, 0.2) is 0 Å². The second kappa shape index (κ2) is 5.92. The quantitative estimate of drug-likeness (QED) is 0.418. The number of hydrogen-bond donors (Lipinski definition) is 2. The van der Waals surface area contributed by atoms with Crippen LogP contribution < -0.4 is 15.7 Å². The van der Waals surface area contributed by atoms with Gasteiger partial charge in [-0.05, 0) is 28.2 Å². The Bertz CT molecular complexity index is 861. The molecule has 3 rings (SSSR count). The number of nitrogens with zero attached hydrogens (tertiary/aromatic N) is 2. The van der Waals surface area contributed by atoms with E-state index in [1.165, 1.54) is 23.4 Å². The molecule has 8 heteroatoms. The number of benzene rings is 1. The molecule has 0 fully saturated rings. The minimum Gasteiger partial charge on any atom is -0.463 e. The molecule has 0 bridgehead atoms. The lowest BCUT2D eigenvalue weighted by Crippen LogP contribution is -2.32. The number of furan rings is 1. The highest BCUT2D eigenvalue weighted by Crippen LogP contribution is 2.04. The first-order valence-electron chi connectivity index (χ1n) is 6.30. The zero-order valence-corrected chi connectivity index (χ0v) is 11.2. The average Bonchev–Trinajstić information content (AvgIpc) is 3.19. The first-order valence-corrected chi connectivity index (χ1v) is 6.30. The lowest BCUT2D eigenvalue weighted by molar-refractivity contribution is -0.670. The molecule has 110 valence electrons. The fraction of sp³-hybridized carbons (Fsp3) is 0. The first kappa shape index (κ1) is 13.6. The monoisotopic (exact) mass is 299 g/mol. The van der Waals surface area contributed by atoms with E-state index >= 15 is 0 Å². The second-order valence-corrected chi connectivity index (χ2v) is 4.28. The third-order valence-corrected chi connectivity index (χ3v) is 2.77. The normalized spacial score (nSPS) is 10.9. The zero-order chi connectivity index (χ0) is 15.4. The van der Waals surface area contributed by atoms with E-state index in [0.717, 1.165) is 0 Å². The van der Waals surface area contributed by atoms with Gasteiger partial charge in [-0.2, -0.15) is 5.10 Å².